The number of aromatic amines is 1. The highest BCUT2D eigenvalue weighted by Crippen LogP contribution is 2.34. The first-order valence-electron chi connectivity index (χ1n) is 6.44. The number of nitrogen functional groups attached to an aromatic ring is 1. The standard InChI is InChI=1S/C15H14ClN3OS/c1-9(11-4-2-3-5-12(11)16)20-10-6-14(21-8-10)13-7-15(17)19-18-13/h2-9H,1H3,(H3,17,18,19). The predicted octanol–water partition coefficient (Wildman–Crippen LogP) is 4.51. The Bertz CT molecular complexity index is 753. The smallest absolute Gasteiger partial charge is 0.145 e. The Labute approximate surface area is 131 Å². The van der Waals surface area contributed by atoms with Crippen LogP contribution in [0.15, 0.2) is 41.8 Å². The van der Waals surface area contributed by atoms with E-state index in [1.807, 2.05) is 42.6 Å². The molecule has 3 rings (SSSR count). The zero-order valence-electron chi connectivity index (χ0n) is 11.3. The molecule has 0 fully saturated rings. The van der Waals surface area contributed by atoms with Gasteiger partial charge in [-0.2, -0.15) is 5.10 Å². The molecule has 0 aliphatic carbocycles. The van der Waals surface area contributed by atoms with Gasteiger partial charge in [0.15, 0.2) is 0 Å². The predicted molar refractivity (Wildman–Crippen MR) is 86.8 cm³/mol. The fourth-order valence-corrected chi connectivity index (χ4v) is 3.13. The van der Waals surface area contributed by atoms with Crippen LogP contribution in [0.5, 0.6) is 5.75 Å². The van der Waals surface area contributed by atoms with Gasteiger partial charge in [-0.15, -0.1) is 11.3 Å². The number of anilines is 1. The summed E-state index contributed by atoms with van der Waals surface area (Å²) in [4.78, 5) is 1.03. The average Bonchev–Trinajstić information content (AvgIpc) is 3.08. The molecule has 6 heteroatoms. The number of nitrogens with zero attached hydrogens (tertiary/aromatic N) is 1. The van der Waals surface area contributed by atoms with Crippen LogP contribution in [0.4, 0.5) is 5.82 Å². The molecule has 0 spiro atoms. The topological polar surface area (TPSA) is 63.9 Å². The zero-order chi connectivity index (χ0) is 14.8. The average molecular weight is 320 g/mol. The third-order valence-electron chi connectivity index (χ3n) is 3.09. The number of ether oxygens (including phenoxy) is 1. The molecule has 3 aromatic rings. The van der Waals surface area contributed by atoms with Gasteiger partial charge in [-0.3, -0.25) is 5.10 Å². The fraction of sp³-hybridized carbons (Fsp3) is 0.133. The Hall–Kier alpha value is -1.98. The highest BCUT2D eigenvalue weighted by molar-refractivity contribution is 7.13. The lowest BCUT2D eigenvalue weighted by molar-refractivity contribution is 0.228. The Morgan fingerprint density at radius 2 is 2.14 bits per heavy atom. The molecule has 1 aromatic carbocycles. The Morgan fingerprint density at radius 1 is 1.33 bits per heavy atom. The van der Waals surface area contributed by atoms with Crippen LogP contribution in [0.2, 0.25) is 5.02 Å². The van der Waals surface area contributed by atoms with Crippen LogP contribution in [0, 0.1) is 0 Å². The molecule has 0 bridgehead atoms. The van der Waals surface area contributed by atoms with Crippen LogP contribution in [0.3, 0.4) is 0 Å². The van der Waals surface area contributed by atoms with E-state index in [9.17, 15) is 0 Å². The van der Waals surface area contributed by atoms with Crippen molar-refractivity contribution >= 4 is 28.8 Å². The molecule has 108 valence electrons. The van der Waals surface area contributed by atoms with E-state index in [4.69, 9.17) is 22.1 Å². The van der Waals surface area contributed by atoms with Gasteiger partial charge in [-0.25, -0.2) is 0 Å². The monoisotopic (exact) mass is 319 g/mol. The number of aromatic nitrogens is 2. The van der Waals surface area contributed by atoms with Gasteiger partial charge in [0.25, 0.3) is 0 Å². The van der Waals surface area contributed by atoms with Gasteiger partial charge in [0, 0.05) is 28.1 Å². The van der Waals surface area contributed by atoms with Crippen LogP contribution in [0.1, 0.15) is 18.6 Å². The number of hydrogen-bond acceptors (Lipinski definition) is 4. The summed E-state index contributed by atoms with van der Waals surface area (Å²) < 4.78 is 5.95. The number of H-pyrrole nitrogens is 1. The molecule has 0 amide bonds. The first kappa shape index (κ1) is 14.0. The second kappa shape index (κ2) is 5.79. The summed E-state index contributed by atoms with van der Waals surface area (Å²) in [5.74, 6) is 1.28. The van der Waals surface area contributed by atoms with Crippen molar-refractivity contribution in [3.05, 3.63) is 52.4 Å². The molecule has 0 aliphatic rings. The third-order valence-corrected chi connectivity index (χ3v) is 4.38. The van der Waals surface area contributed by atoms with E-state index in [1.54, 1.807) is 17.4 Å². The highest BCUT2D eigenvalue weighted by Gasteiger charge is 2.13. The molecule has 0 radical (unpaired) electrons. The minimum absolute atomic E-state index is 0.118. The van der Waals surface area contributed by atoms with Gasteiger partial charge < -0.3 is 10.5 Å². The molecular formula is C15H14ClN3OS. The van der Waals surface area contributed by atoms with Crippen molar-refractivity contribution in [2.24, 2.45) is 0 Å². The lowest BCUT2D eigenvalue weighted by Gasteiger charge is -2.14. The summed E-state index contributed by atoms with van der Waals surface area (Å²) in [5.41, 5.74) is 7.47. The maximum atomic E-state index is 6.18. The normalized spacial score (nSPS) is 12.3. The molecular weight excluding hydrogens is 306 g/mol. The van der Waals surface area contributed by atoms with E-state index in [1.165, 1.54) is 0 Å². The largest absolute Gasteiger partial charge is 0.485 e. The van der Waals surface area contributed by atoms with Crippen molar-refractivity contribution < 1.29 is 4.74 Å². The summed E-state index contributed by atoms with van der Waals surface area (Å²) in [6, 6.07) is 11.5. The van der Waals surface area contributed by atoms with E-state index < -0.39 is 0 Å². The molecule has 2 aromatic heterocycles. The van der Waals surface area contributed by atoms with E-state index in [2.05, 4.69) is 10.2 Å². The van der Waals surface area contributed by atoms with E-state index in [0.29, 0.717) is 10.8 Å². The number of nitrogens with two attached hydrogens (primary N) is 1. The molecule has 0 saturated carbocycles. The van der Waals surface area contributed by atoms with Gasteiger partial charge in [0.05, 0.1) is 10.6 Å². The molecule has 4 nitrogen and oxygen atoms in total. The maximum Gasteiger partial charge on any atom is 0.145 e. The third kappa shape index (κ3) is 3.04. The molecule has 0 saturated heterocycles. The summed E-state index contributed by atoms with van der Waals surface area (Å²) in [5, 5.41) is 9.48. The van der Waals surface area contributed by atoms with Crippen molar-refractivity contribution in [3.8, 4) is 16.3 Å². The number of thiophene rings is 1. The maximum absolute atomic E-state index is 6.18. The molecule has 21 heavy (non-hydrogen) atoms. The quantitative estimate of drug-likeness (QED) is 0.743. The second-order valence-corrected chi connectivity index (χ2v) is 5.95. The first-order chi connectivity index (χ1) is 10.1. The summed E-state index contributed by atoms with van der Waals surface area (Å²) in [7, 11) is 0. The lowest BCUT2D eigenvalue weighted by Crippen LogP contribution is -2.02. The molecule has 2 heterocycles. The summed E-state index contributed by atoms with van der Waals surface area (Å²) >= 11 is 7.76. The minimum Gasteiger partial charge on any atom is -0.485 e. The van der Waals surface area contributed by atoms with Crippen LogP contribution in [0.25, 0.3) is 10.6 Å². The van der Waals surface area contributed by atoms with Crippen molar-refractivity contribution in [1.82, 2.24) is 10.2 Å². The van der Waals surface area contributed by atoms with Gasteiger partial charge in [0.2, 0.25) is 0 Å². The zero-order valence-corrected chi connectivity index (χ0v) is 12.9. The van der Waals surface area contributed by atoms with Crippen molar-refractivity contribution in [1.29, 1.82) is 0 Å². The SMILES string of the molecule is CC(Oc1csc(-c2cc(N)n[nH]2)c1)c1ccccc1Cl. The summed E-state index contributed by atoms with van der Waals surface area (Å²) in [6.45, 7) is 1.98. The number of rotatable bonds is 4. The molecule has 1 unspecified atom stereocenters. The number of halogens is 1. The van der Waals surface area contributed by atoms with Crippen molar-refractivity contribution in [2.45, 2.75) is 13.0 Å². The molecule has 1 atom stereocenters. The lowest BCUT2D eigenvalue weighted by atomic mass is 10.1. The Morgan fingerprint density at radius 3 is 2.86 bits per heavy atom. The number of benzene rings is 1. The van der Waals surface area contributed by atoms with Gasteiger partial charge in [0.1, 0.15) is 17.7 Å². The van der Waals surface area contributed by atoms with E-state index >= 15 is 0 Å². The van der Waals surface area contributed by atoms with E-state index in [0.717, 1.165) is 21.9 Å². The van der Waals surface area contributed by atoms with Gasteiger partial charge >= 0.3 is 0 Å². The molecule has 3 N–H and O–H groups in total. The minimum atomic E-state index is -0.118. The van der Waals surface area contributed by atoms with E-state index in [-0.39, 0.29) is 6.10 Å². The fourth-order valence-electron chi connectivity index (χ4n) is 2.06. The van der Waals surface area contributed by atoms with Crippen LogP contribution in [-0.4, -0.2) is 10.2 Å². The Balaban J connectivity index is 1.77. The summed E-state index contributed by atoms with van der Waals surface area (Å²) in [6.07, 6.45) is -0.118. The Kier molecular flexibility index (Phi) is 3.86. The number of nitrogens with one attached hydrogen (secondary N) is 1. The second-order valence-electron chi connectivity index (χ2n) is 4.63. The first-order valence-corrected chi connectivity index (χ1v) is 7.70. The van der Waals surface area contributed by atoms with Gasteiger partial charge in [-0.05, 0) is 13.0 Å². The molecule has 0 aliphatic heterocycles. The van der Waals surface area contributed by atoms with Crippen molar-refractivity contribution in [2.75, 3.05) is 5.73 Å². The van der Waals surface area contributed by atoms with Crippen LogP contribution in [-0.2, 0) is 0 Å². The van der Waals surface area contributed by atoms with Crippen LogP contribution < -0.4 is 10.5 Å². The van der Waals surface area contributed by atoms with Crippen molar-refractivity contribution in [3.63, 3.8) is 0 Å². The highest BCUT2D eigenvalue weighted by atomic mass is 35.5. The van der Waals surface area contributed by atoms with Crippen LogP contribution >= 0.6 is 22.9 Å². The van der Waals surface area contributed by atoms with Gasteiger partial charge in [-0.1, -0.05) is 29.8 Å². The number of hydrogen-bond donors (Lipinski definition) is 2.